The molecule has 124 valence electrons. The van der Waals surface area contributed by atoms with Crippen molar-refractivity contribution in [2.75, 3.05) is 5.32 Å². The number of thioether (sulfide) groups is 1. The van der Waals surface area contributed by atoms with Gasteiger partial charge in [0.05, 0.1) is 21.6 Å². The SMILES string of the molecule is Cc1nc2ccc(NC(=O)Cc3ccc(SC(C)C)cc3)cc2s1. The third kappa shape index (κ3) is 4.36. The van der Waals surface area contributed by atoms with Gasteiger partial charge in [-0.05, 0) is 42.8 Å². The summed E-state index contributed by atoms with van der Waals surface area (Å²) in [6.07, 6.45) is 0.381. The number of aromatic nitrogens is 1. The second-order valence-corrected chi connectivity index (χ2v) is 8.84. The van der Waals surface area contributed by atoms with Gasteiger partial charge in [0.1, 0.15) is 0 Å². The number of amides is 1. The van der Waals surface area contributed by atoms with Crippen molar-refractivity contribution in [1.29, 1.82) is 0 Å². The monoisotopic (exact) mass is 356 g/mol. The van der Waals surface area contributed by atoms with Crippen LogP contribution in [-0.2, 0) is 11.2 Å². The number of hydrogen-bond donors (Lipinski definition) is 1. The summed E-state index contributed by atoms with van der Waals surface area (Å²) >= 11 is 3.47. The maximum absolute atomic E-state index is 12.3. The van der Waals surface area contributed by atoms with E-state index in [1.54, 1.807) is 11.3 Å². The van der Waals surface area contributed by atoms with Crippen LogP contribution in [0.2, 0.25) is 0 Å². The van der Waals surface area contributed by atoms with Gasteiger partial charge in [0.2, 0.25) is 5.91 Å². The molecule has 0 radical (unpaired) electrons. The number of rotatable bonds is 5. The van der Waals surface area contributed by atoms with E-state index >= 15 is 0 Å². The molecule has 5 heteroatoms. The van der Waals surface area contributed by atoms with Gasteiger partial charge in [-0.2, -0.15) is 0 Å². The van der Waals surface area contributed by atoms with Crippen LogP contribution < -0.4 is 5.32 Å². The third-order valence-corrected chi connectivity index (χ3v) is 5.39. The fraction of sp³-hybridized carbons (Fsp3) is 0.263. The Bertz CT molecular complexity index is 853. The molecule has 0 saturated carbocycles. The normalized spacial score (nSPS) is 11.2. The molecule has 24 heavy (non-hydrogen) atoms. The molecule has 2 aromatic carbocycles. The molecule has 0 bridgehead atoms. The minimum atomic E-state index is -0.000139. The molecule has 3 nitrogen and oxygen atoms in total. The fourth-order valence-corrected chi connectivity index (χ4v) is 4.17. The van der Waals surface area contributed by atoms with Crippen molar-refractivity contribution < 1.29 is 4.79 Å². The van der Waals surface area contributed by atoms with Gasteiger partial charge in [-0.3, -0.25) is 4.79 Å². The number of thiazole rings is 1. The molecule has 0 spiro atoms. The first-order chi connectivity index (χ1) is 11.5. The Hall–Kier alpha value is -1.85. The lowest BCUT2D eigenvalue weighted by Crippen LogP contribution is -2.14. The van der Waals surface area contributed by atoms with Crippen LogP contribution in [0.3, 0.4) is 0 Å². The van der Waals surface area contributed by atoms with Crippen LogP contribution in [-0.4, -0.2) is 16.1 Å². The predicted octanol–water partition coefficient (Wildman–Crippen LogP) is 5.29. The van der Waals surface area contributed by atoms with E-state index in [2.05, 4.69) is 36.3 Å². The van der Waals surface area contributed by atoms with Gasteiger partial charge in [-0.1, -0.05) is 26.0 Å². The van der Waals surface area contributed by atoms with Gasteiger partial charge in [0, 0.05) is 15.8 Å². The molecule has 1 amide bonds. The number of anilines is 1. The number of hydrogen-bond acceptors (Lipinski definition) is 4. The topological polar surface area (TPSA) is 42.0 Å². The maximum atomic E-state index is 12.3. The molecule has 0 aliphatic carbocycles. The zero-order valence-corrected chi connectivity index (χ0v) is 15.6. The van der Waals surface area contributed by atoms with E-state index in [9.17, 15) is 4.79 Å². The van der Waals surface area contributed by atoms with Crippen molar-refractivity contribution in [3.05, 3.63) is 53.0 Å². The highest BCUT2D eigenvalue weighted by molar-refractivity contribution is 7.99. The molecule has 1 heterocycles. The summed E-state index contributed by atoms with van der Waals surface area (Å²) in [6.45, 7) is 6.34. The lowest BCUT2D eigenvalue weighted by Gasteiger charge is -2.07. The Morgan fingerprint density at radius 1 is 1.21 bits per heavy atom. The molecule has 0 saturated heterocycles. The van der Waals surface area contributed by atoms with Crippen molar-refractivity contribution in [2.45, 2.75) is 37.3 Å². The molecular formula is C19H20N2OS2. The molecule has 0 fully saturated rings. The zero-order chi connectivity index (χ0) is 17.1. The van der Waals surface area contributed by atoms with Gasteiger partial charge in [-0.15, -0.1) is 23.1 Å². The summed E-state index contributed by atoms with van der Waals surface area (Å²) in [4.78, 5) is 17.9. The zero-order valence-electron chi connectivity index (χ0n) is 14.0. The number of carbonyl (C=O) groups is 1. The van der Waals surface area contributed by atoms with Crippen LogP contribution in [0.4, 0.5) is 5.69 Å². The Morgan fingerprint density at radius 2 is 1.96 bits per heavy atom. The number of nitrogens with one attached hydrogen (secondary N) is 1. The van der Waals surface area contributed by atoms with E-state index in [1.165, 1.54) is 4.90 Å². The quantitative estimate of drug-likeness (QED) is 0.632. The van der Waals surface area contributed by atoms with Crippen LogP contribution in [0.25, 0.3) is 10.2 Å². The Balaban J connectivity index is 1.63. The van der Waals surface area contributed by atoms with E-state index < -0.39 is 0 Å². The van der Waals surface area contributed by atoms with E-state index in [0.717, 1.165) is 26.5 Å². The predicted molar refractivity (Wildman–Crippen MR) is 104 cm³/mol. The van der Waals surface area contributed by atoms with Crippen LogP contribution in [0.1, 0.15) is 24.4 Å². The highest BCUT2D eigenvalue weighted by atomic mass is 32.2. The van der Waals surface area contributed by atoms with Crippen LogP contribution in [0.15, 0.2) is 47.4 Å². The Labute approximate surface area is 150 Å². The molecule has 3 rings (SSSR count). The molecule has 0 atom stereocenters. The Morgan fingerprint density at radius 3 is 2.67 bits per heavy atom. The summed E-state index contributed by atoms with van der Waals surface area (Å²) in [5, 5.41) is 4.57. The molecule has 3 aromatic rings. The number of carbonyl (C=O) groups excluding carboxylic acids is 1. The summed E-state index contributed by atoms with van der Waals surface area (Å²) in [5.74, 6) is -0.000139. The number of benzene rings is 2. The van der Waals surface area contributed by atoms with Crippen molar-refractivity contribution >= 4 is 44.9 Å². The number of fused-ring (bicyclic) bond motifs is 1. The van der Waals surface area contributed by atoms with E-state index in [1.807, 2.05) is 49.0 Å². The van der Waals surface area contributed by atoms with E-state index in [4.69, 9.17) is 0 Å². The fourth-order valence-electron chi connectivity index (χ4n) is 2.47. The third-order valence-electron chi connectivity index (χ3n) is 3.44. The standard InChI is InChI=1S/C19H20N2OS2/c1-12(2)23-16-7-4-14(5-8-16)10-19(22)21-15-6-9-17-18(11-15)24-13(3)20-17/h4-9,11-12H,10H2,1-3H3,(H,21,22). The second-order valence-electron chi connectivity index (χ2n) is 5.95. The molecular weight excluding hydrogens is 336 g/mol. The number of aryl methyl sites for hydroxylation is 1. The van der Waals surface area contributed by atoms with Gasteiger partial charge in [-0.25, -0.2) is 4.98 Å². The summed E-state index contributed by atoms with van der Waals surface area (Å²) in [7, 11) is 0. The first-order valence-corrected chi connectivity index (χ1v) is 9.62. The van der Waals surface area contributed by atoms with Gasteiger partial charge < -0.3 is 5.32 Å². The highest BCUT2D eigenvalue weighted by Gasteiger charge is 2.07. The molecule has 1 aromatic heterocycles. The largest absolute Gasteiger partial charge is 0.326 e. The van der Waals surface area contributed by atoms with Crippen molar-refractivity contribution in [3.8, 4) is 0 Å². The summed E-state index contributed by atoms with van der Waals surface area (Å²) < 4.78 is 1.10. The average molecular weight is 357 g/mol. The molecule has 0 aliphatic heterocycles. The van der Waals surface area contributed by atoms with Crippen LogP contribution in [0.5, 0.6) is 0 Å². The smallest absolute Gasteiger partial charge is 0.228 e. The minimum Gasteiger partial charge on any atom is -0.326 e. The van der Waals surface area contributed by atoms with Gasteiger partial charge in [0.15, 0.2) is 0 Å². The Kier molecular flexibility index (Phi) is 5.21. The van der Waals surface area contributed by atoms with Crippen LogP contribution in [0, 0.1) is 6.92 Å². The molecule has 0 unspecified atom stereocenters. The van der Waals surface area contributed by atoms with E-state index in [-0.39, 0.29) is 5.91 Å². The highest BCUT2D eigenvalue weighted by Crippen LogP contribution is 2.25. The van der Waals surface area contributed by atoms with Crippen LogP contribution >= 0.6 is 23.1 Å². The first-order valence-electron chi connectivity index (χ1n) is 7.92. The van der Waals surface area contributed by atoms with Crippen molar-refractivity contribution in [1.82, 2.24) is 4.98 Å². The summed E-state index contributed by atoms with van der Waals surface area (Å²) in [5.41, 5.74) is 2.83. The second kappa shape index (κ2) is 7.36. The van der Waals surface area contributed by atoms with E-state index in [0.29, 0.717) is 11.7 Å². The minimum absolute atomic E-state index is 0.000139. The van der Waals surface area contributed by atoms with Crippen molar-refractivity contribution in [3.63, 3.8) is 0 Å². The lowest BCUT2D eigenvalue weighted by atomic mass is 10.1. The molecule has 1 N–H and O–H groups in total. The first kappa shape index (κ1) is 17.0. The van der Waals surface area contributed by atoms with Crippen molar-refractivity contribution in [2.24, 2.45) is 0 Å². The van der Waals surface area contributed by atoms with Gasteiger partial charge in [0.25, 0.3) is 0 Å². The lowest BCUT2D eigenvalue weighted by molar-refractivity contribution is -0.115. The maximum Gasteiger partial charge on any atom is 0.228 e. The molecule has 0 aliphatic rings. The van der Waals surface area contributed by atoms with Gasteiger partial charge >= 0.3 is 0 Å². The summed E-state index contributed by atoms with van der Waals surface area (Å²) in [6, 6.07) is 14.1. The average Bonchev–Trinajstić information content (AvgIpc) is 2.88. The number of nitrogens with zero attached hydrogens (tertiary/aromatic N) is 1.